The summed E-state index contributed by atoms with van der Waals surface area (Å²) >= 11 is 0. The minimum atomic E-state index is 0.728. The zero-order valence-electron chi connectivity index (χ0n) is 20.6. The Morgan fingerprint density at radius 2 is 2.06 bits per heavy atom. The lowest BCUT2D eigenvalue weighted by Gasteiger charge is -2.28. The van der Waals surface area contributed by atoms with Crippen LogP contribution in [-0.2, 0) is 0 Å². The van der Waals surface area contributed by atoms with Gasteiger partial charge in [0, 0.05) is 31.2 Å². The number of aromatic nitrogens is 5. The van der Waals surface area contributed by atoms with E-state index in [1.165, 1.54) is 24.9 Å². The summed E-state index contributed by atoms with van der Waals surface area (Å²) < 4.78 is 0. The maximum Gasteiger partial charge on any atom is 0.180 e. The Kier molecular flexibility index (Phi) is 6.77. The summed E-state index contributed by atoms with van der Waals surface area (Å²) in [5, 5.41) is 12.2. The minimum Gasteiger partial charge on any atom is -0.370 e. The summed E-state index contributed by atoms with van der Waals surface area (Å²) in [6.45, 7) is 12.0. The molecule has 1 saturated heterocycles. The predicted molar refractivity (Wildman–Crippen MR) is 146 cm³/mol. The number of aromatic amines is 2. The van der Waals surface area contributed by atoms with Crippen LogP contribution in [0.4, 0.5) is 5.69 Å². The van der Waals surface area contributed by atoms with E-state index in [-0.39, 0.29) is 0 Å². The molecule has 35 heavy (non-hydrogen) atoms. The Hall–Kier alpha value is -3.71. The molecule has 0 aliphatic carbocycles. The van der Waals surface area contributed by atoms with Gasteiger partial charge in [-0.15, -0.1) is 0 Å². The second-order valence-corrected chi connectivity index (χ2v) is 8.94. The van der Waals surface area contributed by atoms with Gasteiger partial charge in [0.25, 0.3) is 0 Å². The standard InChI is InChI=1S/C28H33N7/c1-4-19(18-29-6-3)16-20(5-2)21-10-11-23-22(17-21)25(34-33-23)28-31-26-24(12-13-30-27(26)32-28)35-14-8-7-9-15-35/h4-5,10-13,16-17,29H,1,6-9,14-15,18H2,2-3H3,(H,33,34)(H,30,31,32)/b19-16+,20-5+. The van der Waals surface area contributed by atoms with Crippen molar-refractivity contribution in [2.75, 3.05) is 31.1 Å². The lowest BCUT2D eigenvalue weighted by atomic mass is 10.0. The molecule has 1 aromatic carbocycles. The monoisotopic (exact) mass is 467 g/mol. The Balaban J connectivity index is 1.54. The van der Waals surface area contributed by atoms with E-state index in [1.807, 2.05) is 12.3 Å². The lowest BCUT2D eigenvalue weighted by molar-refractivity contribution is 0.578. The minimum absolute atomic E-state index is 0.728. The summed E-state index contributed by atoms with van der Waals surface area (Å²) in [6, 6.07) is 8.47. The van der Waals surface area contributed by atoms with E-state index in [9.17, 15) is 0 Å². The quantitative estimate of drug-likeness (QED) is 0.293. The molecule has 3 aromatic heterocycles. The molecule has 0 unspecified atom stereocenters. The van der Waals surface area contributed by atoms with E-state index >= 15 is 0 Å². The van der Waals surface area contributed by atoms with Crippen molar-refractivity contribution in [1.29, 1.82) is 0 Å². The number of fused-ring (bicyclic) bond motifs is 2. The van der Waals surface area contributed by atoms with Crippen LogP contribution in [0.25, 0.3) is 39.2 Å². The number of likely N-dealkylation sites (N-methyl/N-ethyl adjacent to an activating group) is 1. The fourth-order valence-corrected chi connectivity index (χ4v) is 4.77. The van der Waals surface area contributed by atoms with Gasteiger partial charge < -0.3 is 15.2 Å². The molecule has 4 heterocycles. The van der Waals surface area contributed by atoms with Gasteiger partial charge in [-0.1, -0.05) is 37.8 Å². The molecule has 0 bridgehead atoms. The van der Waals surface area contributed by atoms with Crippen LogP contribution in [0.3, 0.4) is 0 Å². The molecule has 1 fully saturated rings. The summed E-state index contributed by atoms with van der Waals surface area (Å²) in [6.07, 6.45) is 11.8. The largest absolute Gasteiger partial charge is 0.370 e. The van der Waals surface area contributed by atoms with Crippen molar-refractivity contribution in [2.45, 2.75) is 33.1 Å². The molecule has 1 aliphatic rings. The molecule has 0 spiro atoms. The second kappa shape index (κ2) is 10.3. The first-order chi connectivity index (χ1) is 17.2. The van der Waals surface area contributed by atoms with Crippen LogP contribution in [0.15, 0.2) is 60.8 Å². The summed E-state index contributed by atoms with van der Waals surface area (Å²) in [7, 11) is 0. The highest BCUT2D eigenvalue weighted by molar-refractivity contribution is 5.96. The predicted octanol–water partition coefficient (Wildman–Crippen LogP) is 5.62. The van der Waals surface area contributed by atoms with Crippen LogP contribution >= 0.6 is 0 Å². The van der Waals surface area contributed by atoms with E-state index in [0.29, 0.717) is 0 Å². The zero-order chi connectivity index (χ0) is 24.2. The number of hydrogen-bond donors (Lipinski definition) is 3. The number of hydrogen-bond acceptors (Lipinski definition) is 5. The molecule has 0 atom stereocenters. The van der Waals surface area contributed by atoms with Crippen LogP contribution < -0.4 is 10.2 Å². The number of nitrogens with zero attached hydrogens (tertiary/aromatic N) is 4. The number of benzene rings is 1. The Morgan fingerprint density at radius 1 is 1.20 bits per heavy atom. The number of anilines is 1. The van der Waals surface area contributed by atoms with Gasteiger partial charge in [-0.3, -0.25) is 5.10 Å². The highest BCUT2D eigenvalue weighted by atomic mass is 15.2. The Bertz CT molecular complexity index is 1400. The number of rotatable bonds is 8. The third-order valence-corrected chi connectivity index (χ3v) is 6.68. The van der Waals surface area contributed by atoms with Crippen LogP contribution in [-0.4, -0.2) is 51.3 Å². The highest BCUT2D eigenvalue weighted by Crippen LogP contribution is 2.32. The molecule has 5 rings (SSSR count). The van der Waals surface area contributed by atoms with Crippen molar-refractivity contribution in [3.05, 3.63) is 66.4 Å². The van der Waals surface area contributed by atoms with Gasteiger partial charge in [0.05, 0.1) is 11.2 Å². The molecule has 180 valence electrons. The Labute approximate surface area is 206 Å². The van der Waals surface area contributed by atoms with Gasteiger partial charge in [0.1, 0.15) is 11.2 Å². The molecule has 7 nitrogen and oxygen atoms in total. The van der Waals surface area contributed by atoms with E-state index in [1.54, 1.807) is 0 Å². The third-order valence-electron chi connectivity index (χ3n) is 6.68. The number of allylic oxidation sites excluding steroid dienone is 3. The smallest absolute Gasteiger partial charge is 0.180 e. The van der Waals surface area contributed by atoms with Crippen molar-refractivity contribution in [2.24, 2.45) is 0 Å². The fraction of sp³-hybridized carbons (Fsp3) is 0.321. The first-order valence-corrected chi connectivity index (χ1v) is 12.5. The second-order valence-electron chi connectivity index (χ2n) is 8.94. The van der Waals surface area contributed by atoms with Crippen LogP contribution in [0, 0.1) is 0 Å². The fourth-order valence-electron chi connectivity index (χ4n) is 4.77. The van der Waals surface area contributed by atoms with Gasteiger partial charge in [-0.2, -0.15) is 5.10 Å². The van der Waals surface area contributed by atoms with E-state index in [2.05, 4.69) is 87.2 Å². The van der Waals surface area contributed by atoms with Gasteiger partial charge in [-0.25, -0.2) is 9.97 Å². The Morgan fingerprint density at radius 3 is 2.83 bits per heavy atom. The van der Waals surface area contributed by atoms with Gasteiger partial charge >= 0.3 is 0 Å². The van der Waals surface area contributed by atoms with Gasteiger partial charge in [0.15, 0.2) is 11.5 Å². The number of H-pyrrole nitrogens is 2. The first kappa shape index (κ1) is 23.1. The van der Waals surface area contributed by atoms with Crippen molar-refractivity contribution in [3.63, 3.8) is 0 Å². The maximum atomic E-state index is 4.83. The van der Waals surface area contributed by atoms with Crippen molar-refractivity contribution >= 4 is 33.3 Å². The zero-order valence-corrected chi connectivity index (χ0v) is 20.6. The topological polar surface area (TPSA) is 85.5 Å². The molecule has 4 aromatic rings. The molecule has 1 aliphatic heterocycles. The normalized spacial score (nSPS) is 15.3. The van der Waals surface area contributed by atoms with Crippen molar-refractivity contribution in [1.82, 2.24) is 30.5 Å². The molecular weight excluding hydrogens is 434 g/mol. The van der Waals surface area contributed by atoms with Gasteiger partial charge in [0.2, 0.25) is 0 Å². The summed E-state index contributed by atoms with van der Waals surface area (Å²) in [5.74, 6) is 0.733. The van der Waals surface area contributed by atoms with Crippen molar-refractivity contribution < 1.29 is 0 Å². The third kappa shape index (κ3) is 4.64. The number of piperidine rings is 1. The van der Waals surface area contributed by atoms with Gasteiger partial charge in [-0.05, 0) is 67.6 Å². The molecule has 0 amide bonds. The average Bonchev–Trinajstić information content (AvgIpc) is 3.53. The van der Waals surface area contributed by atoms with Crippen molar-refractivity contribution in [3.8, 4) is 11.5 Å². The highest BCUT2D eigenvalue weighted by Gasteiger charge is 2.19. The van der Waals surface area contributed by atoms with E-state index < -0.39 is 0 Å². The number of pyridine rings is 1. The molecule has 7 heteroatoms. The van der Waals surface area contributed by atoms with Crippen LogP contribution in [0.1, 0.15) is 38.7 Å². The lowest BCUT2D eigenvalue weighted by Crippen LogP contribution is -2.29. The first-order valence-electron chi connectivity index (χ1n) is 12.5. The maximum absolute atomic E-state index is 4.83. The molecular formula is C28H33N7. The number of nitrogens with one attached hydrogen (secondary N) is 3. The molecule has 3 N–H and O–H groups in total. The summed E-state index contributed by atoms with van der Waals surface area (Å²) in [5.41, 5.74) is 8.09. The van der Waals surface area contributed by atoms with E-state index in [0.717, 1.165) is 76.5 Å². The summed E-state index contributed by atoms with van der Waals surface area (Å²) in [4.78, 5) is 15.3. The molecule has 0 radical (unpaired) electrons. The van der Waals surface area contributed by atoms with Crippen LogP contribution in [0.2, 0.25) is 0 Å². The van der Waals surface area contributed by atoms with Crippen LogP contribution in [0.5, 0.6) is 0 Å². The molecule has 0 saturated carbocycles. The average molecular weight is 468 g/mol. The number of imidazole rings is 1. The SMILES string of the molecule is C=C/C(=C\C(=C/C)c1ccc2[nH]nc(-c3nc4nccc(N5CCCCC5)c4[nH]3)c2c1)CNCC. The van der Waals surface area contributed by atoms with E-state index in [4.69, 9.17) is 4.98 Å².